The molecule has 6 atom stereocenters. The zero-order valence-corrected chi connectivity index (χ0v) is 32.0. The van der Waals surface area contributed by atoms with Gasteiger partial charge in [0.25, 0.3) is 0 Å². The molecule has 0 aliphatic carbocycles. The van der Waals surface area contributed by atoms with Crippen molar-refractivity contribution in [2.75, 3.05) is 19.8 Å². The third-order valence-corrected chi connectivity index (χ3v) is 8.73. The molecule has 1 aliphatic rings. The minimum atomic E-state index is -1.60. The van der Waals surface area contributed by atoms with E-state index in [-0.39, 0.29) is 26.1 Å². The number of aliphatic hydroxyl groups is 4. The lowest BCUT2D eigenvalue weighted by Crippen LogP contribution is -2.59. The average Bonchev–Trinajstić information content (AvgIpc) is 3.14. The summed E-state index contributed by atoms with van der Waals surface area (Å²) >= 11 is 0. The number of ether oxygens (including phenoxy) is 4. The minimum Gasteiger partial charge on any atom is -0.462 e. The van der Waals surface area contributed by atoms with Crippen LogP contribution >= 0.6 is 0 Å². The standard InChI is InChI=1S/C42H70O10/c1-3-5-7-9-11-13-15-17-18-19-21-22-24-26-28-30-37(44)49-33-35(34-50-42-41(48)40(47)39(46)36(32-43)52-42)51-38(45)31-29-27-25-23-20-16-14-12-10-8-6-4-2/h5,7,9,11-15,17-18,35-36,39-43,46-48H,3-4,6,8,10,16,19-34H2,1-2H3/b7-5+,11-9+,14-12+,15-13+,18-17+/t35-,36-,39+,40?,41?,42-/m0/s1. The Morgan fingerprint density at radius 2 is 1.15 bits per heavy atom. The molecular formula is C42H70O10. The first kappa shape index (κ1) is 47.4. The summed E-state index contributed by atoms with van der Waals surface area (Å²) in [6, 6.07) is 0. The molecule has 10 heteroatoms. The summed E-state index contributed by atoms with van der Waals surface area (Å²) in [4.78, 5) is 25.2. The summed E-state index contributed by atoms with van der Waals surface area (Å²) in [5.74, 6) is -0.852. The molecular weight excluding hydrogens is 664 g/mol. The van der Waals surface area contributed by atoms with Crippen LogP contribution in [0, 0.1) is 0 Å². The van der Waals surface area contributed by atoms with E-state index < -0.39 is 55.4 Å². The predicted molar refractivity (Wildman–Crippen MR) is 205 cm³/mol. The molecule has 0 aromatic carbocycles. The molecule has 1 saturated heterocycles. The van der Waals surface area contributed by atoms with Crippen LogP contribution in [0.25, 0.3) is 0 Å². The zero-order valence-electron chi connectivity index (χ0n) is 32.0. The molecule has 0 aromatic heterocycles. The number of rotatable bonds is 31. The average molecular weight is 735 g/mol. The second kappa shape index (κ2) is 33.0. The summed E-state index contributed by atoms with van der Waals surface area (Å²) in [6.07, 6.45) is 30.8. The fraction of sp³-hybridized carbons (Fsp3) is 0.714. The number of aliphatic hydroxyl groups excluding tert-OH is 4. The van der Waals surface area contributed by atoms with Gasteiger partial charge in [-0.1, -0.05) is 126 Å². The lowest BCUT2D eigenvalue weighted by molar-refractivity contribution is -0.305. The van der Waals surface area contributed by atoms with E-state index >= 15 is 0 Å². The van der Waals surface area contributed by atoms with Crippen LogP contribution in [0.5, 0.6) is 0 Å². The van der Waals surface area contributed by atoms with Gasteiger partial charge in [-0.2, -0.15) is 0 Å². The molecule has 1 rings (SSSR count). The molecule has 0 bridgehead atoms. The Bertz CT molecular complexity index is 1030. The number of hydrogen-bond acceptors (Lipinski definition) is 10. The van der Waals surface area contributed by atoms with Gasteiger partial charge in [0.05, 0.1) is 13.2 Å². The van der Waals surface area contributed by atoms with Crippen molar-refractivity contribution in [1.82, 2.24) is 0 Å². The summed E-state index contributed by atoms with van der Waals surface area (Å²) < 4.78 is 22.0. The molecule has 0 amide bonds. The number of allylic oxidation sites excluding steroid dienone is 10. The first-order chi connectivity index (χ1) is 25.3. The van der Waals surface area contributed by atoms with E-state index in [4.69, 9.17) is 18.9 Å². The Labute approximate surface area is 313 Å². The molecule has 10 nitrogen and oxygen atoms in total. The minimum absolute atomic E-state index is 0.211. The number of unbranched alkanes of at least 4 members (excludes halogenated alkanes) is 13. The van der Waals surface area contributed by atoms with Crippen LogP contribution in [-0.4, -0.2) is 89.0 Å². The predicted octanol–water partition coefficient (Wildman–Crippen LogP) is 7.49. The third kappa shape index (κ3) is 24.6. The quantitative estimate of drug-likeness (QED) is 0.0244. The van der Waals surface area contributed by atoms with E-state index in [1.165, 1.54) is 19.3 Å². The molecule has 0 saturated carbocycles. The van der Waals surface area contributed by atoms with Crippen LogP contribution in [0.3, 0.4) is 0 Å². The van der Waals surface area contributed by atoms with Crippen LogP contribution in [0.1, 0.15) is 136 Å². The van der Waals surface area contributed by atoms with Crippen molar-refractivity contribution in [3.05, 3.63) is 60.8 Å². The van der Waals surface area contributed by atoms with Crippen molar-refractivity contribution in [3.63, 3.8) is 0 Å². The summed E-state index contributed by atoms with van der Waals surface area (Å²) in [6.45, 7) is 3.19. The third-order valence-electron chi connectivity index (χ3n) is 8.73. The molecule has 1 aliphatic heterocycles. The van der Waals surface area contributed by atoms with Crippen molar-refractivity contribution in [1.29, 1.82) is 0 Å². The number of hydrogen-bond donors (Lipinski definition) is 4. The molecule has 298 valence electrons. The first-order valence-corrected chi connectivity index (χ1v) is 19.9. The van der Waals surface area contributed by atoms with E-state index in [0.717, 1.165) is 77.0 Å². The van der Waals surface area contributed by atoms with E-state index in [9.17, 15) is 30.0 Å². The van der Waals surface area contributed by atoms with E-state index in [0.29, 0.717) is 12.8 Å². The van der Waals surface area contributed by atoms with Crippen molar-refractivity contribution >= 4 is 11.9 Å². The van der Waals surface area contributed by atoms with Gasteiger partial charge in [0, 0.05) is 12.8 Å². The van der Waals surface area contributed by atoms with Crippen LogP contribution in [0.2, 0.25) is 0 Å². The number of carbonyl (C=O) groups is 2. The second-order valence-electron chi connectivity index (χ2n) is 13.4. The van der Waals surface area contributed by atoms with Crippen LogP contribution < -0.4 is 0 Å². The Hall–Kier alpha value is -2.60. The molecule has 1 fully saturated rings. The lowest BCUT2D eigenvalue weighted by Gasteiger charge is -2.39. The topological polar surface area (TPSA) is 152 Å². The van der Waals surface area contributed by atoms with Gasteiger partial charge in [-0.25, -0.2) is 0 Å². The van der Waals surface area contributed by atoms with Gasteiger partial charge in [-0.3, -0.25) is 9.59 Å². The van der Waals surface area contributed by atoms with Crippen LogP contribution in [0.15, 0.2) is 60.8 Å². The SMILES string of the molecule is CC/C=C/C=C/C=C/C=C/CCCCCCCC(=O)OC[C@@H](CO[C@H]1O[C@@H](CO)[C@@H](O)C(O)C1O)OC(=O)CCCCCCC/C=C/CCCCC. The summed E-state index contributed by atoms with van der Waals surface area (Å²) in [5, 5.41) is 39.9. The fourth-order valence-electron chi connectivity index (χ4n) is 5.54. The molecule has 0 aromatic rings. The summed E-state index contributed by atoms with van der Waals surface area (Å²) in [7, 11) is 0. The van der Waals surface area contributed by atoms with E-state index in [2.05, 4.69) is 44.2 Å². The van der Waals surface area contributed by atoms with Crippen molar-refractivity contribution in [2.24, 2.45) is 0 Å². The van der Waals surface area contributed by atoms with Gasteiger partial charge >= 0.3 is 11.9 Å². The Morgan fingerprint density at radius 1 is 0.615 bits per heavy atom. The highest BCUT2D eigenvalue weighted by molar-refractivity contribution is 5.70. The number of esters is 2. The lowest BCUT2D eigenvalue weighted by atomic mass is 9.99. The van der Waals surface area contributed by atoms with Crippen LogP contribution in [0.4, 0.5) is 0 Å². The zero-order chi connectivity index (χ0) is 38.1. The summed E-state index contributed by atoms with van der Waals surface area (Å²) in [5.41, 5.74) is 0. The first-order valence-electron chi connectivity index (χ1n) is 19.9. The molecule has 2 unspecified atom stereocenters. The van der Waals surface area contributed by atoms with Crippen molar-refractivity contribution in [3.8, 4) is 0 Å². The van der Waals surface area contributed by atoms with Gasteiger partial charge in [0.1, 0.15) is 31.0 Å². The van der Waals surface area contributed by atoms with Crippen LogP contribution in [-0.2, 0) is 28.5 Å². The van der Waals surface area contributed by atoms with Gasteiger partial charge in [0.2, 0.25) is 0 Å². The van der Waals surface area contributed by atoms with Gasteiger partial charge in [0.15, 0.2) is 12.4 Å². The molecule has 0 spiro atoms. The highest BCUT2D eigenvalue weighted by Crippen LogP contribution is 2.22. The Morgan fingerprint density at radius 3 is 1.77 bits per heavy atom. The maximum absolute atomic E-state index is 12.7. The van der Waals surface area contributed by atoms with Gasteiger partial charge in [-0.15, -0.1) is 0 Å². The van der Waals surface area contributed by atoms with Crippen molar-refractivity contribution < 1.29 is 49.0 Å². The smallest absolute Gasteiger partial charge is 0.306 e. The Balaban J connectivity index is 2.41. The number of carbonyl (C=O) groups excluding carboxylic acids is 2. The maximum atomic E-state index is 12.7. The molecule has 4 N–H and O–H groups in total. The molecule has 52 heavy (non-hydrogen) atoms. The van der Waals surface area contributed by atoms with E-state index in [1.54, 1.807) is 0 Å². The monoisotopic (exact) mass is 734 g/mol. The van der Waals surface area contributed by atoms with Crippen molar-refractivity contribution in [2.45, 2.75) is 173 Å². The second-order valence-corrected chi connectivity index (χ2v) is 13.4. The highest BCUT2D eigenvalue weighted by Gasteiger charge is 2.44. The van der Waals surface area contributed by atoms with Gasteiger partial charge < -0.3 is 39.4 Å². The fourth-order valence-corrected chi connectivity index (χ4v) is 5.54. The molecule has 1 heterocycles. The normalized spacial score (nSPS) is 21.7. The van der Waals surface area contributed by atoms with Gasteiger partial charge in [-0.05, 0) is 57.8 Å². The highest BCUT2D eigenvalue weighted by atomic mass is 16.7. The Kier molecular flexibility index (Phi) is 30.1. The molecule has 0 radical (unpaired) electrons. The maximum Gasteiger partial charge on any atom is 0.306 e. The largest absolute Gasteiger partial charge is 0.462 e. The van der Waals surface area contributed by atoms with E-state index in [1.807, 2.05) is 30.4 Å².